The zero-order valence-corrected chi connectivity index (χ0v) is 36.8. The van der Waals surface area contributed by atoms with Crippen molar-refractivity contribution < 1.29 is 57.1 Å². The number of rotatable bonds is 35. The van der Waals surface area contributed by atoms with Crippen LogP contribution < -0.4 is 21.3 Å². The van der Waals surface area contributed by atoms with E-state index in [9.17, 15) is 19.2 Å². The number of benzene rings is 2. The number of nitrogens with one attached hydrogen (secondary N) is 4. The molecule has 1 aromatic heterocycles. The Bertz CT molecular complexity index is 1710. The van der Waals surface area contributed by atoms with Gasteiger partial charge in [0.15, 0.2) is 6.33 Å². The molecule has 2 atom stereocenters. The average Bonchev–Trinajstić information content (AvgIpc) is 3.28. The van der Waals surface area contributed by atoms with Crippen molar-refractivity contribution in [2.24, 2.45) is 5.92 Å². The lowest BCUT2D eigenvalue weighted by atomic mass is 10.0. The number of aryl methyl sites for hydroxylation is 1. The van der Waals surface area contributed by atoms with Crippen LogP contribution in [0.3, 0.4) is 0 Å². The molecule has 3 rings (SSSR count). The molecule has 0 aliphatic heterocycles. The van der Waals surface area contributed by atoms with Gasteiger partial charge in [-0.1, -0.05) is 43.7 Å². The Morgan fingerprint density at radius 1 is 0.556 bits per heavy atom. The van der Waals surface area contributed by atoms with Crippen molar-refractivity contribution in [2.45, 2.75) is 46.2 Å². The molecule has 0 saturated carbocycles. The second-order valence-corrected chi connectivity index (χ2v) is 14.2. The molecule has 20 nitrogen and oxygen atoms in total. The summed E-state index contributed by atoms with van der Waals surface area (Å²) in [7, 11) is 0. The molecule has 20 heteroatoms. The van der Waals surface area contributed by atoms with E-state index in [0.29, 0.717) is 123 Å². The normalized spacial score (nSPS) is 12.1. The lowest BCUT2D eigenvalue weighted by molar-refractivity contribution is -0.132. The quantitative estimate of drug-likeness (QED) is 0.0616. The molecule has 3 aromatic rings. The maximum atomic E-state index is 12.9. The third-order valence-corrected chi connectivity index (χ3v) is 8.76. The summed E-state index contributed by atoms with van der Waals surface area (Å²) in [5.41, 5.74) is 2.93. The number of hydrogen-bond donors (Lipinski definition) is 4. The van der Waals surface area contributed by atoms with E-state index in [-0.39, 0.29) is 36.7 Å². The lowest BCUT2D eigenvalue weighted by Gasteiger charge is -2.24. The molecule has 0 spiro atoms. The van der Waals surface area contributed by atoms with Gasteiger partial charge in [-0.15, -0.1) is 20.4 Å². The number of ether oxygens (including phenoxy) is 8. The van der Waals surface area contributed by atoms with E-state index >= 15 is 0 Å². The van der Waals surface area contributed by atoms with Crippen LogP contribution in [0.15, 0.2) is 54.9 Å². The predicted molar refractivity (Wildman–Crippen MR) is 231 cm³/mol. The highest BCUT2D eigenvalue weighted by Gasteiger charge is 2.27. The number of anilines is 1. The minimum atomic E-state index is -0.800. The molecular formula is C43H64N8O12. The summed E-state index contributed by atoms with van der Waals surface area (Å²) in [4.78, 5) is 50.3. The zero-order chi connectivity index (χ0) is 45.3. The third-order valence-electron chi connectivity index (χ3n) is 8.76. The highest BCUT2D eigenvalue weighted by Crippen LogP contribution is 2.14. The molecule has 0 bridgehead atoms. The van der Waals surface area contributed by atoms with Crippen LogP contribution in [0, 0.1) is 12.8 Å². The van der Waals surface area contributed by atoms with Crippen LogP contribution in [0.5, 0.6) is 0 Å². The van der Waals surface area contributed by atoms with Crippen LogP contribution >= 0.6 is 0 Å². The third kappa shape index (κ3) is 23.8. The molecule has 63 heavy (non-hydrogen) atoms. The Morgan fingerprint density at radius 3 is 1.49 bits per heavy atom. The van der Waals surface area contributed by atoms with E-state index in [0.717, 1.165) is 11.1 Å². The van der Waals surface area contributed by atoms with E-state index in [1.165, 1.54) is 6.33 Å². The number of nitrogens with zero attached hydrogens (tertiary/aromatic N) is 4. The van der Waals surface area contributed by atoms with E-state index in [4.69, 9.17) is 37.9 Å². The van der Waals surface area contributed by atoms with E-state index in [1.54, 1.807) is 43.3 Å². The summed E-state index contributed by atoms with van der Waals surface area (Å²) < 4.78 is 44.0. The lowest BCUT2D eigenvalue weighted by Crippen LogP contribution is -2.53. The molecule has 4 amide bonds. The molecule has 4 N–H and O–H groups in total. The van der Waals surface area contributed by atoms with Crippen molar-refractivity contribution in [1.82, 2.24) is 36.3 Å². The van der Waals surface area contributed by atoms with Gasteiger partial charge in [-0.2, -0.15) is 0 Å². The number of aromatic nitrogens is 4. The number of amides is 4. The fourth-order valence-electron chi connectivity index (χ4n) is 5.27. The largest absolute Gasteiger partial charge is 0.379 e. The first-order valence-corrected chi connectivity index (χ1v) is 21.1. The molecule has 0 fully saturated rings. The van der Waals surface area contributed by atoms with Gasteiger partial charge in [0.1, 0.15) is 12.1 Å². The van der Waals surface area contributed by atoms with Gasteiger partial charge in [-0.05, 0) is 44.0 Å². The van der Waals surface area contributed by atoms with Gasteiger partial charge in [0.05, 0.1) is 106 Å². The fraction of sp³-hybridized carbons (Fsp3) is 0.581. The summed E-state index contributed by atoms with van der Waals surface area (Å²) in [6.07, 6.45) is 1.33. The number of hydrogen-bond acceptors (Lipinski definition) is 16. The Labute approximate surface area is 369 Å². The molecule has 0 radical (unpaired) electrons. The van der Waals surface area contributed by atoms with Crippen LogP contribution in [0.4, 0.5) is 5.69 Å². The van der Waals surface area contributed by atoms with Crippen molar-refractivity contribution in [3.63, 3.8) is 0 Å². The minimum Gasteiger partial charge on any atom is -0.379 e. The molecule has 0 unspecified atom stereocenters. The summed E-state index contributed by atoms with van der Waals surface area (Å²) >= 11 is 0. The summed E-state index contributed by atoms with van der Waals surface area (Å²) in [5.74, 6) is -1.13. The Morgan fingerprint density at radius 2 is 1.02 bits per heavy atom. The van der Waals surface area contributed by atoms with Crippen molar-refractivity contribution in [1.29, 1.82) is 0 Å². The summed E-state index contributed by atoms with van der Waals surface area (Å²) in [6.45, 7) is 13.8. The maximum absolute atomic E-state index is 12.9. The van der Waals surface area contributed by atoms with Crippen LogP contribution in [0.25, 0.3) is 11.4 Å². The molecule has 0 aliphatic rings. The van der Waals surface area contributed by atoms with Crippen LogP contribution in [0.1, 0.15) is 43.1 Å². The van der Waals surface area contributed by atoms with Gasteiger partial charge in [0.2, 0.25) is 23.5 Å². The van der Waals surface area contributed by atoms with Crippen molar-refractivity contribution in [2.75, 3.05) is 118 Å². The van der Waals surface area contributed by atoms with Gasteiger partial charge < -0.3 is 59.2 Å². The predicted octanol–water partition coefficient (Wildman–Crippen LogP) is 1.78. The second kappa shape index (κ2) is 32.6. The first-order chi connectivity index (χ1) is 30.6. The molecule has 2 aromatic carbocycles. The maximum Gasteiger partial charge on any atom is 0.251 e. The minimum absolute atomic E-state index is 0.0749. The van der Waals surface area contributed by atoms with E-state index in [2.05, 4.69) is 41.7 Å². The van der Waals surface area contributed by atoms with E-state index in [1.807, 2.05) is 32.9 Å². The zero-order valence-electron chi connectivity index (χ0n) is 36.8. The molecule has 0 aliphatic carbocycles. The van der Waals surface area contributed by atoms with Crippen LogP contribution in [-0.2, 0) is 52.3 Å². The molecule has 0 saturated heterocycles. The summed E-state index contributed by atoms with van der Waals surface area (Å²) in [5, 5.41) is 26.2. The van der Waals surface area contributed by atoms with Gasteiger partial charge >= 0.3 is 0 Å². The van der Waals surface area contributed by atoms with Crippen molar-refractivity contribution in [3.8, 4) is 11.4 Å². The highest BCUT2D eigenvalue weighted by molar-refractivity contribution is 5.98. The average molecular weight is 885 g/mol. The van der Waals surface area contributed by atoms with Crippen molar-refractivity contribution in [3.05, 3.63) is 66.0 Å². The number of carbonyl (C=O) groups is 4. The standard InChI is InChI=1S/C43H64N8O12/c1-32(2)39(43(55)47-34(4)41(53)48-37-11-5-33(3)6-12-37)49-38(52)13-15-56-17-19-58-21-23-60-25-27-62-29-30-63-28-26-61-24-22-59-20-18-57-16-14-44-42(54)36-9-7-35(8-10-36)40-50-45-31-46-51-40/h5-12,31-32,34,39H,13-30H2,1-4H3,(H,44,54)(H,47,55)(H,48,53)(H,49,52)/t34-,39-/m0/s1. The Balaban J connectivity index is 1.01. The van der Waals surface area contributed by atoms with Crippen LogP contribution in [0.2, 0.25) is 0 Å². The smallest absolute Gasteiger partial charge is 0.251 e. The van der Waals surface area contributed by atoms with Gasteiger partial charge in [-0.25, -0.2) is 0 Å². The molecular weight excluding hydrogens is 821 g/mol. The first-order valence-electron chi connectivity index (χ1n) is 21.1. The van der Waals surface area contributed by atoms with Crippen LogP contribution in [-0.4, -0.2) is 168 Å². The highest BCUT2D eigenvalue weighted by atomic mass is 16.6. The molecule has 1 heterocycles. The summed E-state index contributed by atoms with van der Waals surface area (Å²) in [6, 6.07) is 12.6. The second-order valence-electron chi connectivity index (χ2n) is 14.2. The molecule has 348 valence electrons. The van der Waals surface area contributed by atoms with E-state index < -0.39 is 18.0 Å². The fourth-order valence-corrected chi connectivity index (χ4v) is 5.27. The van der Waals surface area contributed by atoms with Gasteiger partial charge in [-0.3, -0.25) is 19.2 Å². The van der Waals surface area contributed by atoms with Crippen molar-refractivity contribution >= 4 is 29.3 Å². The Kier molecular flexibility index (Phi) is 27.0. The topological polar surface area (TPSA) is 242 Å². The number of carbonyl (C=O) groups excluding carboxylic acids is 4. The monoisotopic (exact) mass is 884 g/mol. The Hall–Kier alpha value is -5.06. The first kappa shape index (κ1) is 52.3. The van der Waals surface area contributed by atoms with Gasteiger partial charge in [0.25, 0.3) is 5.91 Å². The van der Waals surface area contributed by atoms with Gasteiger partial charge in [0, 0.05) is 29.8 Å². The SMILES string of the molecule is Cc1ccc(NC(=O)[C@H](C)NC(=O)[C@@H](NC(=O)CCOCCOCCOCCOCCOCCOCCOCCOCCNC(=O)c2ccc(-c3nncnn3)cc2)C(C)C)cc1.